The minimum Gasteiger partial charge on any atom is -0.393 e. The van der Waals surface area contributed by atoms with E-state index in [1.165, 1.54) is 37.8 Å². The molecule has 1 N–H and O–H groups in total. The molecule has 3 atom stereocenters. The van der Waals surface area contributed by atoms with Crippen molar-refractivity contribution in [2.24, 2.45) is 13.0 Å². The first kappa shape index (κ1) is 15.5. The summed E-state index contributed by atoms with van der Waals surface area (Å²) in [7, 11) is 2.02. The highest BCUT2D eigenvalue weighted by Gasteiger charge is 2.37. The van der Waals surface area contributed by atoms with Crippen LogP contribution in [0.25, 0.3) is 0 Å². The Labute approximate surface area is 135 Å². The van der Waals surface area contributed by atoms with E-state index in [1.54, 1.807) is 0 Å². The van der Waals surface area contributed by atoms with E-state index in [0.717, 1.165) is 29.7 Å². The topological polar surface area (TPSA) is 41.3 Å². The van der Waals surface area contributed by atoms with E-state index in [0.29, 0.717) is 12.0 Å². The molecule has 0 radical (unpaired) electrons. The molecule has 0 bridgehead atoms. The fourth-order valence-electron chi connectivity index (χ4n) is 4.17. The molecule has 1 aliphatic carbocycles. The molecule has 118 valence electrons. The zero-order valence-electron chi connectivity index (χ0n) is 13.1. The summed E-state index contributed by atoms with van der Waals surface area (Å²) in [6.07, 6.45) is 7.04. The number of likely N-dealkylation sites (tertiary alicyclic amines) is 1. The summed E-state index contributed by atoms with van der Waals surface area (Å²) < 4.78 is 3.13. The van der Waals surface area contributed by atoms with Gasteiger partial charge in [0.25, 0.3) is 0 Å². The molecule has 21 heavy (non-hydrogen) atoms. The zero-order valence-corrected chi connectivity index (χ0v) is 14.6. The number of halogens is 1. The van der Waals surface area contributed by atoms with Crippen LogP contribution in [0.3, 0.4) is 0 Å². The fourth-order valence-corrected chi connectivity index (χ4v) is 4.63. The van der Waals surface area contributed by atoms with Gasteiger partial charge in [-0.25, -0.2) is 0 Å². The van der Waals surface area contributed by atoms with Crippen molar-refractivity contribution >= 4 is 15.9 Å². The van der Waals surface area contributed by atoms with Crippen molar-refractivity contribution in [1.82, 2.24) is 14.7 Å². The van der Waals surface area contributed by atoms with E-state index in [1.807, 2.05) is 18.7 Å². The van der Waals surface area contributed by atoms with E-state index >= 15 is 0 Å². The lowest BCUT2D eigenvalue weighted by Crippen LogP contribution is -2.42. The summed E-state index contributed by atoms with van der Waals surface area (Å²) in [5.41, 5.74) is 2.31. The van der Waals surface area contributed by atoms with Gasteiger partial charge in [0.15, 0.2) is 0 Å². The molecule has 5 heteroatoms. The van der Waals surface area contributed by atoms with Gasteiger partial charge in [0, 0.05) is 25.6 Å². The first-order valence-electron chi connectivity index (χ1n) is 8.18. The van der Waals surface area contributed by atoms with Gasteiger partial charge in [0.2, 0.25) is 0 Å². The van der Waals surface area contributed by atoms with Crippen LogP contribution in [0.1, 0.15) is 49.9 Å². The number of aryl methyl sites for hydroxylation is 2. The molecule has 0 aromatic carbocycles. The highest BCUT2D eigenvalue weighted by atomic mass is 79.9. The Morgan fingerprint density at radius 3 is 2.67 bits per heavy atom. The van der Waals surface area contributed by atoms with Crippen LogP contribution in [0.15, 0.2) is 4.47 Å². The fraction of sp³-hybridized carbons (Fsp3) is 0.812. The summed E-state index contributed by atoms with van der Waals surface area (Å²) in [6, 6.07) is 0.544. The number of aromatic nitrogens is 2. The largest absolute Gasteiger partial charge is 0.393 e. The zero-order chi connectivity index (χ0) is 15.0. The van der Waals surface area contributed by atoms with Gasteiger partial charge in [-0.3, -0.25) is 9.58 Å². The first-order valence-corrected chi connectivity index (χ1v) is 8.97. The maximum absolute atomic E-state index is 10.4. The van der Waals surface area contributed by atoms with Gasteiger partial charge < -0.3 is 5.11 Å². The molecule has 3 unspecified atom stereocenters. The van der Waals surface area contributed by atoms with Gasteiger partial charge in [-0.15, -0.1) is 0 Å². The number of aliphatic hydroxyl groups excluding tert-OH is 1. The van der Waals surface area contributed by atoms with Crippen LogP contribution in [0, 0.1) is 12.8 Å². The van der Waals surface area contributed by atoms with E-state index in [9.17, 15) is 5.11 Å². The van der Waals surface area contributed by atoms with Crippen molar-refractivity contribution < 1.29 is 5.11 Å². The molecule has 2 fully saturated rings. The Morgan fingerprint density at radius 2 is 2.00 bits per heavy atom. The maximum Gasteiger partial charge on any atom is 0.0739 e. The van der Waals surface area contributed by atoms with E-state index in [4.69, 9.17) is 0 Å². The molecule has 2 heterocycles. The molecule has 4 nitrogen and oxygen atoms in total. The van der Waals surface area contributed by atoms with Crippen LogP contribution in [-0.2, 0) is 13.6 Å². The molecule has 1 saturated carbocycles. The summed E-state index contributed by atoms with van der Waals surface area (Å²) in [6.45, 7) is 4.12. The second-order valence-corrected chi connectivity index (χ2v) is 7.46. The van der Waals surface area contributed by atoms with Gasteiger partial charge in [-0.05, 0) is 55.1 Å². The Morgan fingerprint density at radius 1 is 1.24 bits per heavy atom. The van der Waals surface area contributed by atoms with Crippen LogP contribution in [0.5, 0.6) is 0 Å². The maximum atomic E-state index is 10.4. The summed E-state index contributed by atoms with van der Waals surface area (Å²) in [5, 5.41) is 14.9. The number of hydrogen-bond donors (Lipinski definition) is 1. The Hall–Kier alpha value is -0.390. The lowest BCUT2D eigenvalue weighted by molar-refractivity contribution is 0.0196. The van der Waals surface area contributed by atoms with Gasteiger partial charge in [-0.1, -0.05) is 12.8 Å². The third kappa shape index (κ3) is 3.06. The number of rotatable bonds is 3. The predicted molar refractivity (Wildman–Crippen MR) is 87.0 cm³/mol. The molecular formula is C16H26BrN3O. The van der Waals surface area contributed by atoms with Crippen molar-refractivity contribution in [3.8, 4) is 0 Å². The van der Waals surface area contributed by atoms with Crippen LogP contribution in [0.4, 0.5) is 0 Å². The summed E-state index contributed by atoms with van der Waals surface area (Å²) >= 11 is 3.68. The minimum atomic E-state index is -0.0962. The lowest BCUT2D eigenvalue weighted by atomic mass is 9.80. The Balaban J connectivity index is 1.75. The summed E-state index contributed by atoms with van der Waals surface area (Å²) in [4.78, 5) is 2.57. The van der Waals surface area contributed by atoms with Crippen LogP contribution in [0.2, 0.25) is 0 Å². The van der Waals surface area contributed by atoms with Gasteiger partial charge in [0.05, 0.1) is 22.0 Å². The Kier molecular flexibility index (Phi) is 4.71. The molecule has 1 aromatic heterocycles. The highest BCUT2D eigenvalue weighted by molar-refractivity contribution is 9.10. The monoisotopic (exact) mass is 355 g/mol. The molecule has 0 amide bonds. The van der Waals surface area contributed by atoms with E-state index < -0.39 is 0 Å². The van der Waals surface area contributed by atoms with Crippen molar-refractivity contribution in [3.63, 3.8) is 0 Å². The highest BCUT2D eigenvalue weighted by Crippen LogP contribution is 2.36. The Bertz CT molecular complexity index is 502. The lowest BCUT2D eigenvalue weighted by Gasteiger charge is -2.37. The third-order valence-corrected chi connectivity index (χ3v) is 6.34. The average molecular weight is 356 g/mol. The van der Waals surface area contributed by atoms with Gasteiger partial charge in [-0.2, -0.15) is 5.10 Å². The number of aliphatic hydroxyl groups is 1. The first-order chi connectivity index (χ1) is 10.1. The standard InChI is InChI=1S/C16H26BrN3O/c1-11-16(17)14(19(2)18-11)10-20-9-5-7-13(20)12-6-3-4-8-15(12)21/h12-13,15,21H,3-10H2,1-2H3. The third-order valence-electron chi connectivity index (χ3n) is 5.30. The molecule has 3 rings (SSSR count). The smallest absolute Gasteiger partial charge is 0.0739 e. The van der Waals surface area contributed by atoms with Crippen molar-refractivity contribution in [1.29, 1.82) is 0 Å². The molecule has 1 aliphatic heterocycles. The van der Waals surface area contributed by atoms with Gasteiger partial charge in [0.1, 0.15) is 0 Å². The normalized spacial score (nSPS) is 31.0. The van der Waals surface area contributed by atoms with E-state index in [2.05, 4.69) is 25.9 Å². The molecule has 1 saturated heterocycles. The predicted octanol–water partition coefficient (Wildman–Crippen LogP) is 3.01. The second kappa shape index (κ2) is 6.39. The molecule has 1 aromatic rings. The van der Waals surface area contributed by atoms with Crippen LogP contribution in [-0.4, -0.2) is 38.5 Å². The number of hydrogen-bond acceptors (Lipinski definition) is 3. The molecule has 2 aliphatic rings. The minimum absolute atomic E-state index is 0.0962. The second-order valence-electron chi connectivity index (χ2n) is 6.67. The van der Waals surface area contributed by atoms with Crippen molar-refractivity contribution in [2.45, 2.75) is 64.1 Å². The van der Waals surface area contributed by atoms with Crippen LogP contribution >= 0.6 is 15.9 Å². The number of nitrogens with zero attached hydrogens (tertiary/aromatic N) is 3. The average Bonchev–Trinajstić information content (AvgIpc) is 3.00. The van der Waals surface area contributed by atoms with Gasteiger partial charge >= 0.3 is 0 Å². The van der Waals surface area contributed by atoms with Crippen LogP contribution < -0.4 is 0 Å². The quantitative estimate of drug-likeness (QED) is 0.905. The molecular weight excluding hydrogens is 330 g/mol. The van der Waals surface area contributed by atoms with Crippen molar-refractivity contribution in [2.75, 3.05) is 6.54 Å². The van der Waals surface area contributed by atoms with Crippen molar-refractivity contribution in [3.05, 3.63) is 15.9 Å². The van der Waals surface area contributed by atoms with E-state index in [-0.39, 0.29) is 6.10 Å². The summed E-state index contributed by atoms with van der Waals surface area (Å²) in [5.74, 6) is 0.467. The SMILES string of the molecule is Cc1nn(C)c(CN2CCCC2C2CCCCC2O)c1Br. The molecule has 0 spiro atoms.